The van der Waals surface area contributed by atoms with E-state index in [2.05, 4.69) is 20.8 Å². The van der Waals surface area contributed by atoms with E-state index in [1.807, 2.05) is 60.7 Å². The molecule has 2 aromatic carbocycles. The molecule has 0 aliphatic heterocycles. The minimum atomic E-state index is -0.164. The first-order valence-electron chi connectivity index (χ1n) is 7.42. The largest absolute Gasteiger partial charge is 0.493 e. The summed E-state index contributed by atoms with van der Waals surface area (Å²) in [5.74, 6) is 0.183. The molecule has 3 nitrogen and oxygen atoms in total. The topological polar surface area (TPSA) is 38.0 Å². The molecule has 0 spiro atoms. The van der Waals surface area contributed by atoms with Crippen LogP contribution in [0.3, 0.4) is 0 Å². The van der Waals surface area contributed by atoms with Gasteiger partial charge in [0.05, 0.1) is 16.9 Å². The second-order valence-corrected chi connectivity index (χ2v) is 6.41. The first-order chi connectivity index (χ1) is 10.5. The van der Waals surface area contributed by atoms with Gasteiger partial charge in [0.2, 0.25) is 5.88 Å². The monoisotopic (exact) mass is 292 g/mol. The Morgan fingerprint density at radius 2 is 1.41 bits per heavy atom. The van der Waals surface area contributed by atoms with Gasteiger partial charge in [-0.05, 0) is 17.7 Å². The van der Waals surface area contributed by atoms with E-state index in [1.54, 1.807) is 4.68 Å². The molecule has 3 heteroatoms. The van der Waals surface area contributed by atoms with Crippen molar-refractivity contribution >= 4 is 0 Å². The van der Waals surface area contributed by atoms with Crippen LogP contribution in [0.25, 0.3) is 16.8 Å². The Labute approximate surface area is 130 Å². The molecule has 22 heavy (non-hydrogen) atoms. The summed E-state index contributed by atoms with van der Waals surface area (Å²) in [5, 5.41) is 15.5. The van der Waals surface area contributed by atoms with Crippen LogP contribution in [0.5, 0.6) is 5.88 Å². The number of rotatable bonds is 2. The van der Waals surface area contributed by atoms with Gasteiger partial charge in [-0.15, -0.1) is 0 Å². The van der Waals surface area contributed by atoms with Gasteiger partial charge in [0.15, 0.2) is 0 Å². The molecule has 0 aliphatic rings. The molecule has 0 atom stereocenters. The molecule has 1 aromatic heterocycles. The highest BCUT2D eigenvalue weighted by Crippen LogP contribution is 2.39. The molecular weight excluding hydrogens is 272 g/mol. The quantitative estimate of drug-likeness (QED) is 0.753. The van der Waals surface area contributed by atoms with E-state index in [0.29, 0.717) is 0 Å². The van der Waals surface area contributed by atoms with Crippen molar-refractivity contribution in [2.24, 2.45) is 0 Å². The molecule has 0 saturated carbocycles. The van der Waals surface area contributed by atoms with Crippen LogP contribution in [0.15, 0.2) is 60.7 Å². The van der Waals surface area contributed by atoms with Gasteiger partial charge in [0.1, 0.15) is 0 Å². The van der Waals surface area contributed by atoms with Crippen molar-refractivity contribution in [1.29, 1.82) is 0 Å². The Morgan fingerprint density at radius 1 is 0.864 bits per heavy atom. The zero-order chi connectivity index (χ0) is 15.7. The van der Waals surface area contributed by atoms with Crippen LogP contribution >= 0.6 is 0 Å². The van der Waals surface area contributed by atoms with Crippen LogP contribution < -0.4 is 0 Å². The Hall–Kier alpha value is -2.55. The van der Waals surface area contributed by atoms with E-state index < -0.39 is 0 Å². The lowest BCUT2D eigenvalue weighted by molar-refractivity contribution is 0.435. The van der Waals surface area contributed by atoms with Crippen LogP contribution in [0.2, 0.25) is 0 Å². The number of aromatic hydroxyl groups is 1. The maximum atomic E-state index is 10.8. The van der Waals surface area contributed by atoms with Gasteiger partial charge in [0.25, 0.3) is 0 Å². The number of benzene rings is 2. The highest BCUT2D eigenvalue weighted by Gasteiger charge is 2.28. The van der Waals surface area contributed by atoms with E-state index in [0.717, 1.165) is 22.5 Å². The van der Waals surface area contributed by atoms with Gasteiger partial charge in [0, 0.05) is 5.41 Å². The molecule has 1 N–H and O–H groups in total. The predicted octanol–water partition coefficient (Wildman–Crippen LogP) is 4.54. The maximum absolute atomic E-state index is 10.8. The number of nitrogens with zero attached hydrogens (tertiary/aromatic N) is 2. The van der Waals surface area contributed by atoms with Gasteiger partial charge in [-0.2, -0.15) is 5.10 Å². The van der Waals surface area contributed by atoms with E-state index in [1.165, 1.54) is 0 Å². The Kier molecular flexibility index (Phi) is 3.49. The zero-order valence-corrected chi connectivity index (χ0v) is 13.1. The summed E-state index contributed by atoms with van der Waals surface area (Å²) in [6.07, 6.45) is 0. The molecule has 1 heterocycles. The molecule has 3 rings (SSSR count). The average molecular weight is 292 g/mol. The summed E-state index contributed by atoms with van der Waals surface area (Å²) in [6, 6.07) is 19.6. The van der Waals surface area contributed by atoms with Crippen LogP contribution in [0.4, 0.5) is 0 Å². The highest BCUT2D eigenvalue weighted by atomic mass is 16.3. The molecule has 3 aromatic rings. The molecule has 0 fully saturated rings. The molecule has 0 unspecified atom stereocenters. The van der Waals surface area contributed by atoms with E-state index in [9.17, 15) is 5.11 Å². The van der Waals surface area contributed by atoms with Crippen molar-refractivity contribution in [3.8, 4) is 22.7 Å². The molecule has 112 valence electrons. The zero-order valence-electron chi connectivity index (χ0n) is 13.1. The van der Waals surface area contributed by atoms with Crippen molar-refractivity contribution in [3.63, 3.8) is 0 Å². The summed E-state index contributed by atoms with van der Waals surface area (Å²) in [6.45, 7) is 6.32. The fourth-order valence-electron chi connectivity index (χ4n) is 2.55. The molecule has 0 aliphatic carbocycles. The molecular formula is C19H20N2O. The number of hydrogen-bond donors (Lipinski definition) is 1. The summed E-state index contributed by atoms with van der Waals surface area (Å²) in [5.41, 5.74) is 3.36. The van der Waals surface area contributed by atoms with Gasteiger partial charge < -0.3 is 5.11 Å². The number of hydrogen-bond acceptors (Lipinski definition) is 2. The van der Waals surface area contributed by atoms with Gasteiger partial charge in [-0.3, -0.25) is 0 Å². The fourth-order valence-corrected chi connectivity index (χ4v) is 2.55. The van der Waals surface area contributed by atoms with Crippen molar-refractivity contribution < 1.29 is 5.11 Å². The summed E-state index contributed by atoms with van der Waals surface area (Å²) in [7, 11) is 0. The summed E-state index contributed by atoms with van der Waals surface area (Å²) in [4.78, 5) is 0. The van der Waals surface area contributed by atoms with E-state index in [-0.39, 0.29) is 11.3 Å². The Balaban J connectivity index is 2.27. The second kappa shape index (κ2) is 5.34. The first kappa shape index (κ1) is 14.4. The third-order valence-electron chi connectivity index (χ3n) is 3.63. The van der Waals surface area contributed by atoms with Crippen LogP contribution in [-0.4, -0.2) is 14.9 Å². The van der Waals surface area contributed by atoms with E-state index >= 15 is 0 Å². The number of aromatic nitrogens is 2. The van der Waals surface area contributed by atoms with Gasteiger partial charge in [-0.1, -0.05) is 69.3 Å². The first-order valence-corrected chi connectivity index (χ1v) is 7.42. The predicted molar refractivity (Wildman–Crippen MR) is 89.4 cm³/mol. The van der Waals surface area contributed by atoms with E-state index in [4.69, 9.17) is 5.10 Å². The summed E-state index contributed by atoms with van der Waals surface area (Å²) >= 11 is 0. The fraction of sp³-hybridized carbons (Fsp3) is 0.211. The number of para-hydroxylation sites is 1. The normalized spacial score (nSPS) is 11.6. The van der Waals surface area contributed by atoms with Gasteiger partial charge >= 0.3 is 0 Å². The highest BCUT2D eigenvalue weighted by molar-refractivity contribution is 5.73. The van der Waals surface area contributed by atoms with Crippen molar-refractivity contribution in [1.82, 2.24) is 9.78 Å². The smallest absolute Gasteiger partial charge is 0.222 e. The van der Waals surface area contributed by atoms with Crippen molar-refractivity contribution in [2.75, 3.05) is 0 Å². The van der Waals surface area contributed by atoms with Crippen LogP contribution in [0, 0.1) is 0 Å². The SMILES string of the molecule is CC(C)(C)c1nn(-c2ccccc2)c(O)c1-c1ccccc1. The lowest BCUT2D eigenvalue weighted by atomic mass is 9.87. The van der Waals surface area contributed by atoms with Crippen LogP contribution in [-0.2, 0) is 5.41 Å². The maximum Gasteiger partial charge on any atom is 0.222 e. The van der Waals surface area contributed by atoms with Gasteiger partial charge in [-0.25, -0.2) is 4.68 Å². The molecule has 0 radical (unpaired) electrons. The lowest BCUT2D eigenvalue weighted by Gasteiger charge is -2.17. The minimum absolute atomic E-state index is 0.164. The summed E-state index contributed by atoms with van der Waals surface area (Å²) < 4.78 is 1.61. The molecule has 0 bridgehead atoms. The third-order valence-corrected chi connectivity index (χ3v) is 3.63. The van der Waals surface area contributed by atoms with Crippen molar-refractivity contribution in [2.45, 2.75) is 26.2 Å². The third kappa shape index (κ3) is 2.50. The Morgan fingerprint density at radius 3 is 1.95 bits per heavy atom. The lowest BCUT2D eigenvalue weighted by Crippen LogP contribution is -2.13. The van der Waals surface area contributed by atoms with Crippen molar-refractivity contribution in [3.05, 3.63) is 66.4 Å². The Bertz CT molecular complexity index is 768. The minimum Gasteiger partial charge on any atom is -0.493 e. The second-order valence-electron chi connectivity index (χ2n) is 6.41. The molecule has 0 amide bonds. The van der Waals surface area contributed by atoms with Crippen LogP contribution in [0.1, 0.15) is 26.5 Å². The average Bonchev–Trinajstić information content (AvgIpc) is 2.87. The molecule has 0 saturated heterocycles. The standard InChI is InChI=1S/C19H20N2O/c1-19(2,3)17-16(14-10-6-4-7-11-14)18(22)21(20-17)15-12-8-5-9-13-15/h4-13,22H,1-3H3.